The number of thiophene rings is 1. The highest BCUT2D eigenvalue weighted by molar-refractivity contribution is 7.11. The van der Waals surface area contributed by atoms with Crippen LogP contribution in [0.1, 0.15) is 16.1 Å². The number of rotatable bonds is 3. The fourth-order valence-corrected chi connectivity index (χ4v) is 4.57. The van der Waals surface area contributed by atoms with Crippen molar-refractivity contribution in [2.45, 2.75) is 6.54 Å². The molecule has 0 fully saturated rings. The molecule has 1 aliphatic rings. The van der Waals surface area contributed by atoms with Crippen LogP contribution in [0.15, 0.2) is 71.4 Å². The first kappa shape index (κ1) is 17.1. The quantitative estimate of drug-likeness (QED) is 0.436. The second-order valence-corrected chi connectivity index (χ2v) is 8.01. The number of hydrogen-bond donors (Lipinski definition) is 2. The normalized spacial score (nSPS) is 13.3. The van der Waals surface area contributed by atoms with E-state index in [4.69, 9.17) is 0 Å². The maximum absolute atomic E-state index is 4.54. The minimum atomic E-state index is 0.617. The van der Waals surface area contributed by atoms with Crippen LogP contribution in [0.25, 0.3) is 39.1 Å². The summed E-state index contributed by atoms with van der Waals surface area (Å²) in [5.74, 6) is 0. The predicted octanol–water partition coefficient (Wildman–Crippen LogP) is 5.09. The molecule has 6 nitrogen and oxygen atoms in total. The Labute approximate surface area is 176 Å². The summed E-state index contributed by atoms with van der Waals surface area (Å²) in [4.78, 5) is 18.1. The van der Waals surface area contributed by atoms with Crippen LogP contribution < -0.4 is 0 Å². The number of hydrogen-bond acceptors (Lipinski definition) is 5. The summed E-state index contributed by atoms with van der Waals surface area (Å²) in [6.45, 7) is 0.617. The number of aliphatic imine (C=N–C) groups is 1. The van der Waals surface area contributed by atoms with Gasteiger partial charge in [-0.2, -0.15) is 5.10 Å². The Hall–Kier alpha value is -3.84. The molecule has 0 saturated heterocycles. The van der Waals surface area contributed by atoms with E-state index >= 15 is 0 Å². The molecule has 0 amide bonds. The molecule has 0 spiro atoms. The van der Waals surface area contributed by atoms with E-state index in [2.05, 4.69) is 65.9 Å². The van der Waals surface area contributed by atoms with Gasteiger partial charge in [-0.05, 0) is 35.7 Å². The van der Waals surface area contributed by atoms with E-state index < -0.39 is 0 Å². The highest BCUT2D eigenvalue weighted by Gasteiger charge is 2.19. The summed E-state index contributed by atoms with van der Waals surface area (Å²) < 4.78 is 0. The maximum Gasteiger partial charge on any atom is 0.181 e. The SMILES string of the molecule is C1=NCc2[nH]c(-c3[nH]nc4ncc(-c5cccnc5)cc34)cc2C(c2cccs2)=C1. The van der Waals surface area contributed by atoms with Crippen LogP contribution in [0.2, 0.25) is 0 Å². The Morgan fingerprint density at radius 1 is 1.03 bits per heavy atom. The van der Waals surface area contributed by atoms with Crippen LogP contribution in [-0.2, 0) is 6.54 Å². The van der Waals surface area contributed by atoms with E-state index in [-0.39, 0.29) is 0 Å². The average molecular weight is 408 g/mol. The first-order valence-corrected chi connectivity index (χ1v) is 10.5. The smallest absolute Gasteiger partial charge is 0.181 e. The molecule has 0 unspecified atom stereocenters. The zero-order valence-electron chi connectivity index (χ0n) is 15.8. The lowest BCUT2D eigenvalue weighted by Gasteiger charge is -2.02. The molecule has 6 rings (SSSR count). The van der Waals surface area contributed by atoms with Crippen LogP contribution in [-0.4, -0.2) is 31.4 Å². The Kier molecular flexibility index (Phi) is 3.92. The summed E-state index contributed by atoms with van der Waals surface area (Å²) in [6.07, 6.45) is 9.42. The number of pyridine rings is 2. The Balaban J connectivity index is 1.48. The zero-order valence-corrected chi connectivity index (χ0v) is 16.6. The molecule has 5 aromatic rings. The monoisotopic (exact) mass is 408 g/mol. The van der Waals surface area contributed by atoms with Gasteiger partial charge in [-0.25, -0.2) is 4.98 Å². The van der Waals surface area contributed by atoms with Crippen molar-refractivity contribution in [2.75, 3.05) is 0 Å². The van der Waals surface area contributed by atoms with Crippen molar-refractivity contribution in [2.24, 2.45) is 4.99 Å². The van der Waals surface area contributed by atoms with Gasteiger partial charge in [-0.1, -0.05) is 12.1 Å². The van der Waals surface area contributed by atoms with Gasteiger partial charge in [0.1, 0.15) is 0 Å². The van der Waals surface area contributed by atoms with Crippen molar-refractivity contribution in [3.63, 3.8) is 0 Å². The molecule has 2 N–H and O–H groups in total. The van der Waals surface area contributed by atoms with Gasteiger partial charge >= 0.3 is 0 Å². The number of nitrogens with one attached hydrogen (secondary N) is 2. The summed E-state index contributed by atoms with van der Waals surface area (Å²) in [5, 5.41) is 10.6. The zero-order chi connectivity index (χ0) is 19.9. The summed E-state index contributed by atoms with van der Waals surface area (Å²) >= 11 is 1.73. The Morgan fingerprint density at radius 3 is 2.90 bits per heavy atom. The standard InChI is InChI=1S/C23H16N6S/c1-3-14(11-24-6-1)15-9-18-22(28-29-23(18)26-12-15)19-10-17-16(21-4-2-8-30-21)5-7-25-13-20(17)27-19/h1-12,27H,13H2,(H,26,28,29). The molecule has 0 saturated carbocycles. The molecule has 0 aliphatic carbocycles. The lowest BCUT2D eigenvalue weighted by Crippen LogP contribution is -1.88. The number of aromatic nitrogens is 5. The van der Waals surface area contributed by atoms with E-state index in [0.29, 0.717) is 12.2 Å². The minimum Gasteiger partial charge on any atom is -0.355 e. The summed E-state index contributed by atoms with van der Waals surface area (Å²) in [7, 11) is 0. The van der Waals surface area contributed by atoms with Crippen LogP contribution in [0, 0.1) is 0 Å². The highest BCUT2D eigenvalue weighted by atomic mass is 32.1. The predicted molar refractivity (Wildman–Crippen MR) is 121 cm³/mol. The molecule has 30 heavy (non-hydrogen) atoms. The van der Waals surface area contributed by atoms with Gasteiger partial charge in [0.25, 0.3) is 0 Å². The molecular formula is C23H16N6S. The van der Waals surface area contributed by atoms with E-state index in [0.717, 1.165) is 33.6 Å². The fourth-order valence-electron chi connectivity index (χ4n) is 3.80. The van der Waals surface area contributed by atoms with Crippen LogP contribution in [0.3, 0.4) is 0 Å². The third-order valence-corrected chi connectivity index (χ3v) is 6.15. The van der Waals surface area contributed by atoms with Crippen molar-refractivity contribution in [1.29, 1.82) is 0 Å². The first-order valence-electron chi connectivity index (χ1n) is 9.58. The van der Waals surface area contributed by atoms with Gasteiger partial charge in [0.15, 0.2) is 5.65 Å². The van der Waals surface area contributed by atoms with Gasteiger partial charge in [-0.15, -0.1) is 11.3 Å². The van der Waals surface area contributed by atoms with Crippen LogP contribution in [0.5, 0.6) is 0 Å². The number of fused-ring (bicyclic) bond motifs is 2. The van der Waals surface area contributed by atoms with Crippen molar-refractivity contribution >= 4 is 34.2 Å². The number of nitrogens with zero attached hydrogens (tertiary/aromatic N) is 4. The maximum atomic E-state index is 4.54. The minimum absolute atomic E-state index is 0.617. The molecule has 0 atom stereocenters. The van der Waals surface area contributed by atoms with Crippen molar-refractivity contribution < 1.29 is 0 Å². The molecule has 7 heteroatoms. The molecule has 6 heterocycles. The molecule has 144 valence electrons. The van der Waals surface area contributed by atoms with Crippen LogP contribution >= 0.6 is 11.3 Å². The number of H-pyrrole nitrogens is 2. The largest absolute Gasteiger partial charge is 0.355 e. The van der Waals surface area contributed by atoms with E-state index in [1.165, 1.54) is 16.0 Å². The summed E-state index contributed by atoms with van der Waals surface area (Å²) in [6, 6.07) is 12.5. The van der Waals surface area contributed by atoms with E-state index in [1.807, 2.05) is 30.7 Å². The van der Waals surface area contributed by atoms with Crippen LogP contribution in [0.4, 0.5) is 0 Å². The molecule has 0 radical (unpaired) electrons. The molecule has 0 aromatic carbocycles. The molecule has 0 bridgehead atoms. The number of aromatic amines is 2. The van der Waals surface area contributed by atoms with Gasteiger partial charge in [0.05, 0.1) is 17.9 Å². The van der Waals surface area contributed by atoms with Crippen molar-refractivity contribution in [3.05, 3.63) is 82.6 Å². The lowest BCUT2D eigenvalue weighted by molar-refractivity contribution is 1.01. The number of allylic oxidation sites excluding steroid dienone is 1. The molecule has 1 aliphatic heterocycles. The molecule has 5 aromatic heterocycles. The third-order valence-electron chi connectivity index (χ3n) is 5.25. The Morgan fingerprint density at radius 2 is 2.03 bits per heavy atom. The van der Waals surface area contributed by atoms with Crippen molar-refractivity contribution in [3.8, 4) is 22.5 Å². The highest BCUT2D eigenvalue weighted by Crippen LogP contribution is 2.35. The first-order chi connectivity index (χ1) is 14.9. The second-order valence-electron chi connectivity index (χ2n) is 7.06. The topological polar surface area (TPSA) is 82.6 Å². The van der Waals surface area contributed by atoms with Gasteiger partial charge < -0.3 is 4.98 Å². The van der Waals surface area contributed by atoms with E-state index in [9.17, 15) is 0 Å². The molecular weight excluding hydrogens is 392 g/mol. The van der Waals surface area contributed by atoms with Crippen molar-refractivity contribution in [1.82, 2.24) is 25.1 Å². The Bertz CT molecular complexity index is 1410. The average Bonchev–Trinajstić information content (AvgIpc) is 3.52. The van der Waals surface area contributed by atoms with E-state index in [1.54, 1.807) is 17.5 Å². The van der Waals surface area contributed by atoms with Gasteiger partial charge in [0.2, 0.25) is 0 Å². The van der Waals surface area contributed by atoms with Gasteiger partial charge in [0, 0.05) is 63.0 Å². The lowest BCUT2D eigenvalue weighted by atomic mass is 10.0. The van der Waals surface area contributed by atoms with Gasteiger partial charge in [-0.3, -0.25) is 15.1 Å². The fraction of sp³-hybridized carbons (Fsp3) is 0.0435. The third kappa shape index (κ3) is 2.79. The summed E-state index contributed by atoms with van der Waals surface area (Å²) in [5.41, 5.74) is 8.07. The second kappa shape index (κ2) is 6.89.